The number of aromatic nitrogens is 4. The second-order valence-corrected chi connectivity index (χ2v) is 7.97. The predicted octanol–water partition coefficient (Wildman–Crippen LogP) is 2.96. The lowest BCUT2D eigenvalue weighted by Gasteiger charge is -2.31. The molecule has 27 heavy (non-hydrogen) atoms. The van der Waals surface area contributed by atoms with E-state index >= 15 is 0 Å². The Balaban J connectivity index is 1.34. The van der Waals surface area contributed by atoms with Gasteiger partial charge in [0.2, 0.25) is 5.91 Å². The highest BCUT2D eigenvalue weighted by Crippen LogP contribution is 2.28. The van der Waals surface area contributed by atoms with Crippen LogP contribution in [0, 0.1) is 5.92 Å². The molecule has 1 saturated heterocycles. The van der Waals surface area contributed by atoms with Gasteiger partial charge in [-0.3, -0.25) is 9.59 Å². The number of carbonyl (C=O) groups excluding carboxylic acids is 2. The number of fused-ring (bicyclic) bond motifs is 1. The van der Waals surface area contributed by atoms with Crippen molar-refractivity contribution in [3.05, 3.63) is 41.9 Å². The minimum Gasteiger partial charge on any atom is -0.343 e. The summed E-state index contributed by atoms with van der Waals surface area (Å²) in [6.07, 6.45) is 4.87. The predicted molar refractivity (Wildman–Crippen MR) is 103 cm³/mol. The number of Topliss-reactive ketones (excluding diaryl/α,β-unsaturated/α-hetero) is 1. The molecule has 3 aromatic rings. The zero-order chi connectivity index (χ0) is 18.8. The topological polar surface area (TPSA) is 81.0 Å². The Labute approximate surface area is 161 Å². The summed E-state index contributed by atoms with van der Waals surface area (Å²) in [4.78, 5) is 35.6. The lowest BCUT2D eigenvalue weighted by atomic mass is 9.92. The first-order valence-corrected chi connectivity index (χ1v) is 9.95. The van der Waals surface area contributed by atoms with Crippen LogP contribution < -0.4 is 0 Å². The Hall–Kier alpha value is -2.61. The molecule has 140 valence electrons. The van der Waals surface area contributed by atoms with Crippen LogP contribution in [0.25, 0.3) is 10.2 Å². The molecular formula is C19H21N5O2S. The fourth-order valence-corrected chi connectivity index (χ4v) is 4.45. The fourth-order valence-electron chi connectivity index (χ4n) is 3.46. The van der Waals surface area contributed by atoms with Crippen molar-refractivity contribution in [1.82, 2.24) is 24.6 Å². The minimum absolute atomic E-state index is 0.0258. The third-order valence-corrected chi connectivity index (χ3v) is 6.13. The number of benzene rings is 1. The van der Waals surface area contributed by atoms with Gasteiger partial charge < -0.3 is 4.90 Å². The van der Waals surface area contributed by atoms with Crippen molar-refractivity contribution in [2.45, 2.75) is 32.2 Å². The van der Waals surface area contributed by atoms with Gasteiger partial charge in [0.25, 0.3) is 0 Å². The molecule has 0 saturated carbocycles. The van der Waals surface area contributed by atoms with Crippen molar-refractivity contribution in [3.63, 3.8) is 0 Å². The summed E-state index contributed by atoms with van der Waals surface area (Å²) >= 11 is 1.46. The molecule has 1 fully saturated rings. The van der Waals surface area contributed by atoms with E-state index in [2.05, 4.69) is 15.1 Å². The normalized spacial score (nSPS) is 16.6. The van der Waals surface area contributed by atoms with Crippen molar-refractivity contribution < 1.29 is 9.59 Å². The van der Waals surface area contributed by atoms with E-state index in [1.807, 2.05) is 36.1 Å². The van der Waals surface area contributed by atoms with Crippen molar-refractivity contribution in [2.75, 3.05) is 13.1 Å². The maximum absolute atomic E-state index is 12.8. The SMILES string of the molecule is C[C@H](CC(=O)N1CCC(C(=O)c2nc3ccccc3s2)CC1)n1cncn1. The summed E-state index contributed by atoms with van der Waals surface area (Å²) in [7, 11) is 0. The standard InChI is InChI=1S/C19H21N5O2S/c1-13(24-12-20-11-21-24)10-17(25)23-8-6-14(7-9-23)18(26)19-22-15-4-2-3-5-16(15)27-19/h2-5,11-14H,6-10H2,1H3/t13-/m1/s1. The van der Waals surface area contributed by atoms with E-state index in [9.17, 15) is 9.59 Å². The van der Waals surface area contributed by atoms with Gasteiger partial charge in [0.05, 0.1) is 16.3 Å². The van der Waals surface area contributed by atoms with Crippen LogP contribution in [-0.4, -0.2) is 49.4 Å². The van der Waals surface area contributed by atoms with Crippen molar-refractivity contribution in [1.29, 1.82) is 0 Å². The smallest absolute Gasteiger partial charge is 0.224 e. The molecule has 1 amide bonds. The number of hydrogen-bond acceptors (Lipinski definition) is 6. The Morgan fingerprint density at radius 2 is 2.04 bits per heavy atom. The molecule has 4 rings (SSSR count). The molecule has 0 aliphatic carbocycles. The lowest BCUT2D eigenvalue weighted by Crippen LogP contribution is -2.40. The molecule has 8 heteroatoms. The highest BCUT2D eigenvalue weighted by Gasteiger charge is 2.30. The van der Waals surface area contributed by atoms with Gasteiger partial charge in [0.1, 0.15) is 12.7 Å². The number of piperidine rings is 1. The van der Waals surface area contributed by atoms with Gasteiger partial charge in [-0.1, -0.05) is 12.1 Å². The van der Waals surface area contributed by atoms with Crippen molar-refractivity contribution >= 4 is 33.2 Å². The highest BCUT2D eigenvalue weighted by atomic mass is 32.1. The molecule has 0 unspecified atom stereocenters. The zero-order valence-corrected chi connectivity index (χ0v) is 15.9. The van der Waals surface area contributed by atoms with E-state index in [1.165, 1.54) is 17.7 Å². The van der Waals surface area contributed by atoms with Gasteiger partial charge in [-0.25, -0.2) is 14.6 Å². The lowest BCUT2D eigenvalue weighted by molar-refractivity contribution is -0.133. The summed E-state index contributed by atoms with van der Waals surface area (Å²) in [5.74, 6) is 0.158. The summed E-state index contributed by atoms with van der Waals surface area (Å²) in [5, 5.41) is 4.67. The number of hydrogen-bond donors (Lipinski definition) is 0. The Morgan fingerprint density at radius 1 is 1.26 bits per heavy atom. The van der Waals surface area contributed by atoms with E-state index in [4.69, 9.17) is 0 Å². The third-order valence-electron chi connectivity index (χ3n) is 5.08. The van der Waals surface area contributed by atoms with E-state index < -0.39 is 0 Å². The van der Waals surface area contributed by atoms with Crippen LogP contribution >= 0.6 is 11.3 Å². The van der Waals surface area contributed by atoms with E-state index in [-0.39, 0.29) is 23.7 Å². The monoisotopic (exact) mass is 383 g/mol. The first kappa shape index (κ1) is 17.8. The summed E-state index contributed by atoms with van der Waals surface area (Å²) in [6, 6.07) is 7.78. The van der Waals surface area contributed by atoms with Crippen LogP contribution in [0.2, 0.25) is 0 Å². The van der Waals surface area contributed by atoms with Crippen molar-refractivity contribution in [3.8, 4) is 0 Å². The second kappa shape index (κ2) is 7.56. The molecule has 1 aliphatic rings. The molecule has 2 aromatic heterocycles. The van der Waals surface area contributed by atoms with Crippen LogP contribution in [0.5, 0.6) is 0 Å². The summed E-state index contributed by atoms with van der Waals surface area (Å²) in [6.45, 7) is 3.18. The molecule has 1 aromatic carbocycles. The molecule has 0 bridgehead atoms. The molecule has 1 aliphatic heterocycles. The van der Waals surface area contributed by atoms with Crippen LogP contribution in [-0.2, 0) is 4.79 Å². The largest absolute Gasteiger partial charge is 0.343 e. The maximum atomic E-state index is 12.8. The molecule has 0 radical (unpaired) electrons. The molecule has 7 nitrogen and oxygen atoms in total. The molecular weight excluding hydrogens is 362 g/mol. The van der Waals surface area contributed by atoms with E-state index in [0.29, 0.717) is 37.4 Å². The van der Waals surface area contributed by atoms with E-state index in [0.717, 1.165) is 10.2 Å². The van der Waals surface area contributed by atoms with Crippen molar-refractivity contribution in [2.24, 2.45) is 5.92 Å². The van der Waals surface area contributed by atoms with Gasteiger partial charge in [-0.2, -0.15) is 5.10 Å². The molecule has 3 heterocycles. The third kappa shape index (κ3) is 3.75. The Morgan fingerprint density at radius 3 is 2.74 bits per heavy atom. The first-order chi connectivity index (χ1) is 13.1. The Kier molecular flexibility index (Phi) is 4.98. The van der Waals surface area contributed by atoms with Gasteiger partial charge in [0.15, 0.2) is 10.8 Å². The Bertz CT molecular complexity index is 911. The minimum atomic E-state index is -0.0534. The second-order valence-electron chi connectivity index (χ2n) is 6.93. The van der Waals surface area contributed by atoms with Gasteiger partial charge in [0, 0.05) is 25.4 Å². The summed E-state index contributed by atoms with van der Waals surface area (Å²) in [5.41, 5.74) is 0.876. The highest BCUT2D eigenvalue weighted by molar-refractivity contribution is 7.20. The van der Waals surface area contributed by atoms with Gasteiger partial charge in [-0.15, -0.1) is 11.3 Å². The maximum Gasteiger partial charge on any atom is 0.224 e. The number of ketones is 1. The van der Waals surface area contributed by atoms with Gasteiger partial charge in [-0.05, 0) is 31.9 Å². The first-order valence-electron chi connectivity index (χ1n) is 9.13. The average Bonchev–Trinajstić information content (AvgIpc) is 3.37. The number of rotatable bonds is 5. The number of para-hydroxylation sites is 1. The fraction of sp³-hybridized carbons (Fsp3) is 0.421. The van der Waals surface area contributed by atoms with E-state index in [1.54, 1.807) is 11.0 Å². The number of carbonyl (C=O) groups is 2. The number of amides is 1. The quantitative estimate of drug-likeness (QED) is 0.633. The van der Waals surface area contributed by atoms with Gasteiger partial charge >= 0.3 is 0 Å². The molecule has 1 atom stereocenters. The van der Waals surface area contributed by atoms with Crippen LogP contribution in [0.15, 0.2) is 36.9 Å². The average molecular weight is 383 g/mol. The van der Waals surface area contributed by atoms with Crippen LogP contribution in [0.1, 0.15) is 42.0 Å². The zero-order valence-electron chi connectivity index (χ0n) is 15.1. The van der Waals surface area contributed by atoms with Crippen LogP contribution in [0.3, 0.4) is 0 Å². The molecule has 0 N–H and O–H groups in total. The van der Waals surface area contributed by atoms with Crippen LogP contribution in [0.4, 0.5) is 0 Å². The summed E-state index contributed by atoms with van der Waals surface area (Å²) < 4.78 is 2.73. The molecule has 0 spiro atoms. The number of thiazole rings is 1. The number of likely N-dealkylation sites (tertiary alicyclic amines) is 1. The number of nitrogens with zero attached hydrogens (tertiary/aromatic N) is 5.